The van der Waals surface area contributed by atoms with Crippen molar-refractivity contribution in [2.24, 2.45) is 34.0 Å². The fourth-order valence-electron chi connectivity index (χ4n) is 8.85. The lowest BCUT2D eigenvalue weighted by molar-refractivity contribution is -0.214. The summed E-state index contributed by atoms with van der Waals surface area (Å²) in [6.45, 7) is 24.9. The Balaban J connectivity index is 1.54. The maximum Gasteiger partial charge on any atom is 0.155 e. The molecule has 4 rings (SSSR count). The van der Waals surface area contributed by atoms with Gasteiger partial charge in [0.2, 0.25) is 0 Å². The summed E-state index contributed by atoms with van der Waals surface area (Å²) in [5.74, 6) is 1.92. The summed E-state index contributed by atoms with van der Waals surface area (Å²) < 4.78 is 18.2. The summed E-state index contributed by atoms with van der Waals surface area (Å²) >= 11 is 0. The van der Waals surface area contributed by atoms with Crippen LogP contribution in [0.1, 0.15) is 100 Å². The topological polar surface area (TPSA) is 27.7 Å². The predicted octanol–water partition coefficient (Wildman–Crippen LogP) is 8.26. The van der Waals surface area contributed by atoms with Crippen molar-refractivity contribution in [2.45, 2.75) is 113 Å². The Morgan fingerprint density at radius 3 is 2.51 bits per heavy atom. The minimum atomic E-state index is -0.121. The molecule has 1 fully saturated rings. The van der Waals surface area contributed by atoms with Gasteiger partial charge in [-0.25, -0.2) is 0 Å². The zero-order chi connectivity index (χ0) is 25.6. The number of hydrogen-bond donors (Lipinski definition) is 0. The van der Waals surface area contributed by atoms with Crippen LogP contribution in [0, 0.1) is 34.0 Å². The first kappa shape index (κ1) is 27.1. The van der Waals surface area contributed by atoms with E-state index >= 15 is 0 Å². The molecule has 3 heteroatoms. The molecular formula is C32H52O3. The molecule has 0 radical (unpaired) electrons. The van der Waals surface area contributed by atoms with Crippen LogP contribution in [0.4, 0.5) is 0 Å². The third-order valence-corrected chi connectivity index (χ3v) is 10.6. The highest BCUT2D eigenvalue weighted by Crippen LogP contribution is 2.66. The van der Waals surface area contributed by atoms with E-state index in [1.165, 1.54) is 38.5 Å². The Morgan fingerprint density at radius 1 is 1.09 bits per heavy atom. The largest absolute Gasteiger partial charge is 0.377 e. The van der Waals surface area contributed by atoms with Crippen molar-refractivity contribution in [3.8, 4) is 0 Å². The molecule has 3 nitrogen and oxygen atoms in total. The monoisotopic (exact) mass is 484 g/mol. The minimum Gasteiger partial charge on any atom is -0.377 e. The van der Waals surface area contributed by atoms with Gasteiger partial charge in [0.25, 0.3) is 0 Å². The Morgan fingerprint density at radius 2 is 1.83 bits per heavy atom. The standard InChI is InChI=1S/C32H52O3/c1-10-34-23(5)35-29-16-18-32(9)27-15-17-31(8)25(22(4)20-33-19-21(2)3)12-13-26(31)24(27)11-14-28(32)30(29,6)7/h13,22-23,25,28-29H,2,10-12,14-20H2,1,3-9H3/t22-,23?,25-,28+,29+,31-,32-/m1/s1. The van der Waals surface area contributed by atoms with Gasteiger partial charge in [0.05, 0.1) is 12.7 Å². The van der Waals surface area contributed by atoms with Crippen LogP contribution >= 0.6 is 0 Å². The molecule has 4 aliphatic carbocycles. The fraction of sp³-hybridized carbons (Fsp3) is 0.812. The SMILES string of the molecule is C=C(C)COC[C@@H](C)[C@H]1CC=C2C3=C(CC[C@@]21C)[C@@]1(C)CC[C@H](OC(C)OCC)C(C)(C)[C@@H]1CC3. The van der Waals surface area contributed by atoms with E-state index in [0.717, 1.165) is 18.6 Å². The molecule has 0 spiro atoms. The van der Waals surface area contributed by atoms with Crippen LogP contribution in [-0.2, 0) is 14.2 Å². The van der Waals surface area contributed by atoms with Gasteiger partial charge in [-0.15, -0.1) is 0 Å². The summed E-state index contributed by atoms with van der Waals surface area (Å²) in [6, 6.07) is 0. The van der Waals surface area contributed by atoms with Gasteiger partial charge >= 0.3 is 0 Å². The average molecular weight is 485 g/mol. The lowest BCUT2D eigenvalue weighted by Gasteiger charge is -2.60. The van der Waals surface area contributed by atoms with E-state index in [9.17, 15) is 0 Å². The summed E-state index contributed by atoms with van der Waals surface area (Å²) in [5, 5.41) is 0. The first-order chi connectivity index (χ1) is 16.4. The van der Waals surface area contributed by atoms with Crippen LogP contribution < -0.4 is 0 Å². The van der Waals surface area contributed by atoms with Crippen molar-refractivity contribution in [3.63, 3.8) is 0 Å². The van der Waals surface area contributed by atoms with Gasteiger partial charge in [-0.05, 0) is 111 Å². The first-order valence-electron chi connectivity index (χ1n) is 14.4. The highest BCUT2D eigenvalue weighted by molar-refractivity contribution is 5.49. The van der Waals surface area contributed by atoms with E-state index in [-0.39, 0.29) is 17.8 Å². The molecular weight excluding hydrogens is 432 g/mol. The molecule has 1 saturated carbocycles. The van der Waals surface area contributed by atoms with E-state index < -0.39 is 0 Å². The van der Waals surface area contributed by atoms with Crippen LogP contribution in [0.25, 0.3) is 0 Å². The second kappa shape index (κ2) is 10.1. The van der Waals surface area contributed by atoms with Crippen LogP contribution in [0.15, 0.2) is 34.9 Å². The fourth-order valence-corrected chi connectivity index (χ4v) is 8.85. The molecule has 7 atom stereocenters. The van der Waals surface area contributed by atoms with E-state index in [1.807, 2.05) is 13.8 Å². The Hall–Kier alpha value is -0.900. The molecule has 35 heavy (non-hydrogen) atoms. The van der Waals surface area contributed by atoms with Gasteiger partial charge in [-0.2, -0.15) is 0 Å². The van der Waals surface area contributed by atoms with E-state index in [1.54, 1.807) is 16.7 Å². The zero-order valence-electron chi connectivity index (χ0n) is 24.0. The van der Waals surface area contributed by atoms with Gasteiger partial charge in [-0.3, -0.25) is 0 Å². The normalized spacial score (nSPS) is 37.7. The average Bonchev–Trinajstić information content (AvgIpc) is 3.13. The summed E-state index contributed by atoms with van der Waals surface area (Å²) in [7, 11) is 0. The van der Waals surface area contributed by atoms with Gasteiger partial charge in [0.1, 0.15) is 0 Å². The maximum absolute atomic E-state index is 6.48. The highest BCUT2D eigenvalue weighted by Gasteiger charge is 2.58. The van der Waals surface area contributed by atoms with Gasteiger partial charge in [0.15, 0.2) is 6.29 Å². The molecule has 0 amide bonds. The molecule has 0 heterocycles. The van der Waals surface area contributed by atoms with Gasteiger partial charge < -0.3 is 14.2 Å². The van der Waals surface area contributed by atoms with Crippen molar-refractivity contribution in [1.29, 1.82) is 0 Å². The molecule has 4 aliphatic rings. The smallest absolute Gasteiger partial charge is 0.155 e. The zero-order valence-corrected chi connectivity index (χ0v) is 24.0. The van der Waals surface area contributed by atoms with Crippen molar-refractivity contribution in [2.75, 3.05) is 19.8 Å². The summed E-state index contributed by atoms with van der Waals surface area (Å²) in [6.07, 6.45) is 11.4. The third kappa shape index (κ3) is 4.75. The van der Waals surface area contributed by atoms with Gasteiger partial charge in [-0.1, -0.05) is 58.4 Å². The van der Waals surface area contributed by atoms with Gasteiger partial charge in [0, 0.05) is 13.2 Å². The molecule has 0 saturated heterocycles. The second-order valence-electron chi connectivity index (χ2n) is 13.3. The third-order valence-electron chi connectivity index (χ3n) is 10.6. The molecule has 0 aromatic carbocycles. The molecule has 0 N–H and O–H groups in total. The predicted molar refractivity (Wildman–Crippen MR) is 145 cm³/mol. The second-order valence-corrected chi connectivity index (χ2v) is 13.3. The summed E-state index contributed by atoms with van der Waals surface area (Å²) in [4.78, 5) is 0. The van der Waals surface area contributed by atoms with E-state index in [2.05, 4.69) is 54.2 Å². The van der Waals surface area contributed by atoms with Crippen molar-refractivity contribution in [1.82, 2.24) is 0 Å². The van der Waals surface area contributed by atoms with Crippen molar-refractivity contribution in [3.05, 3.63) is 34.9 Å². The first-order valence-corrected chi connectivity index (χ1v) is 14.4. The molecule has 0 aromatic heterocycles. The molecule has 0 aliphatic heterocycles. The highest BCUT2D eigenvalue weighted by atomic mass is 16.7. The summed E-state index contributed by atoms with van der Waals surface area (Å²) in [5.41, 5.74) is 7.11. The number of fused-ring (bicyclic) bond motifs is 4. The number of ether oxygens (including phenoxy) is 3. The van der Waals surface area contributed by atoms with E-state index in [4.69, 9.17) is 14.2 Å². The lowest BCUT2D eigenvalue weighted by Crippen LogP contribution is -2.54. The molecule has 1 unspecified atom stereocenters. The van der Waals surface area contributed by atoms with Crippen molar-refractivity contribution < 1.29 is 14.2 Å². The number of hydrogen-bond acceptors (Lipinski definition) is 3. The number of rotatable bonds is 9. The molecule has 0 aromatic rings. The Kier molecular flexibility index (Phi) is 7.84. The number of allylic oxidation sites excluding steroid dienone is 4. The molecule has 0 bridgehead atoms. The van der Waals surface area contributed by atoms with Crippen LogP contribution in [0.3, 0.4) is 0 Å². The van der Waals surface area contributed by atoms with Crippen LogP contribution in [0.5, 0.6) is 0 Å². The van der Waals surface area contributed by atoms with Crippen LogP contribution in [0.2, 0.25) is 0 Å². The minimum absolute atomic E-state index is 0.121. The molecule has 198 valence electrons. The lowest BCUT2D eigenvalue weighted by atomic mass is 9.46. The Labute approximate surface area is 215 Å². The van der Waals surface area contributed by atoms with E-state index in [0.29, 0.717) is 41.8 Å². The Bertz CT molecular complexity index is 866. The maximum atomic E-state index is 6.48. The van der Waals surface area contributed by atoms with Crippen LogP contribution in [-0.4, -0.2) is 32.2 Å². The van der Waals surface area contributed by atoms with Crippen molar-refractivity contribution >= 4 is 0 Å². The quantitative estimate of drug-likeness (QED) is 0.243.